The molecule has 1 atom stereocenters. The third-order valence-corrected chi connectivity index (χ3v) is 5.93. The van der Waals surface area contributed by atoms with Crippen molar-refractivity contribution in [1.29, 1.82) is 0 Å². The number of methoxy groups -OCH3 is 1. The fraction of sp³-hybridized carbons (Fsp3) is 0.538. The number of nitrogens with one attached hydrogen (secondary N) is 1. The van der Waals surface area contributed by atoms with E-state index in [9.17, 15) is 8.42 Å². The summed E-state index contributed by atoms with van der Waals surface area (Å²) in [5.41, 5.74) is 0.736. The number of benzene rings is 1. The molecule has 1 aromatic carbocycles. The van der Waals surface area contributed by atoms with Crippen molar-refractivity contribution in [1.82, 2.24) is 5.32 Å². The first-order valence-electron chi connectivity index (χ1n) is 5.85. The van der Waals surface area contributed by atoms with Gasteiger partial charge in [0.05, 0.1) is 17.9 Å². The van der Waals surface area contributed by atoms with E-state index in [-0.39, 0.29) is 0 Å². The minimum Gasteiger partial charge on any atom is -0.497 e. The van der Waals surface area contributed by atoms with Crippen LogP contribution in [0.1, 0.15) is 25.5 Å². The highest BCUT2D eigenvalue weighted by molar-refractivity contribution is 7.92. The van der Waals surface area contributed by atoms with Gasteiger partial charge in [0.25, 0.3) is 0 Å². The van der Waals surface area contributed by atoms with E-state index < -0.39 is 20.6 Å². The highest BCUT2D eigenvalue weighted by atomic mass is 35.5. The summed E-state index contributed by atoms with van der Waals surface area (Å²) in [6.45, 7) is 3.37. The summed E-state index contributed by atoms with van der Waals surface area (Å²) in [6, 6.07) is 4.83. The van der Waals surface area contributed by atoms with Crippen LogP contribution in [0.5, 0.6) is 5.75 Å². The van der Waals surface area contributed by atoms with Crippen LogP contribution >= 0.6 is 11.6 Å². The van der Waals surface area contributed by atoms with Gasteiger partial charge in [0, 0.05) is 11.3 Å². The Morgan fingerprint density at radius 2 is 1.95 bits per heavy atom. The van der Waals surface area contributed by atoms with Crippen molar-refractivity contribution in [3.8, 4) is 5.75 Å². The standard InChI is InChI=1S/C13H20ClNO3S/c1-13(2,19(5,16)17)12(15-3)10-7-6-9(18-4)8-11(10)14/h6-8,12,15H,1-5H3. The van der Waals surface area contributed by atoms with Crippen LogP contribution in [0, 0.1) is 0 Å². The zero-order chi connectivity index (χ0) is 14.8. The lowest BCUT2D eigenvalue weighted by Crippen LogP contribution is -2.43. The molecule has 0 aliphatic heterocycles. The lowest BCUT2D eigenvalue weighted by atomic mass is 9.95. The average molecular weight is 306 g/mol. The third kappa shape index (κ3) is 3.22. The summed E-state index contributed by atoms with van der Waals surface area (Å²) in [7, 11) is 0.0306. The van der Waals surface area contributed by atoms with Crippen LogP contribution in [0.3, 0.4) is 0 Å². The van der Waals surface area contributed by atoms with Gasteiger partial charge < -0.3 is 10.1 Å². The van der Waals surface area contributed by atoms with Crippen molar-refractivity contribution in [3.63, 3.8) is 0 Å². The van der Waals surface area contributed by atoms with Crippen molar-refractivity contribution in [2.24, 2.45) is 0 Å². The van der Waals surface area contributed by atoms with Gasteiger partial charge in [0.15, 0.2) is 9.84 Å². The summed E-state index contributed by atoms with van der Waals surface area (Å²) < 4.78 is 28.0. The summed E-state index contributed by atoms with van der Waals surface area (Å²) in [4.78, 5) is 0. The molecule has 0 fully saturated rings. The van der Waals surface area contributed by atoms with E-state index >= 15 is 0 Å². The second kappa shape index (κ2) is 5.69. The predicted molar refractivity (Wildman–Crippen MR) is 78.7 cm³/mol. The Bertz CT molecular complexity index is 555. The molecular formula is C13H20ClNO3S. The van der Waals surface area contributed by atoms with Crippen LogP contribution in [0.4, 0.5) is 0 Å². The summed E-state index contributed by atoms with van der Waals surface area (Å²) in [6.07, 6.45) is 1.23. The number of ether oxygens (including phenoxy) is 1. The van der Waals surface area contributed by atoms with Crippen LogP contribution in [-0.2, 0) is 9.84 Å². The summed E-state index contributed by atoms with van der Waals surface area (Å²) in [5, 5.41) is 3.52. The van der Waals surface area contributed by atoms with Crippen molar-refractivity contribution in [3.05, 3.63) is 28.8 Å². The first-order chi connectivity index (χ1) is 8.65. The number of sulfone groups is 1. The topological polar surface area (TPSA) is 55.4 Å². The molecule has 1 aromatic rings. The van der Waals surface area contributed by atoms with E-state index in [1.807, 2.05) is 0 Å². The SMILES string of the molecule is CNC(c1ccc(OC)cc1Cl)C(C)(C)S(C)(=O)=O. The number of rotatable bonds is 5. The molecule has 0 bridgehead atoms. The van der Waals surface area contributed by atoms with Crippen LogP contribution < -0.4 is 10.1 Å². The van der Waals surface area contributed by atoms with Gasteiger partial charge in [0.2, 0.25) is 0 Å². The van der Waals surface area contributed by atoms with Gasteiger partial charge in [-0.2, -0.15) is 0 Å². The fourth-order valence-electron chi connectivity index (χ4n) is 1.96. The maximum atomic E-state index is 12.0. The largest absolute Gasteiger partial charge is 0.497 e. The quantitative estimate of drug-likeness (QED) is 0.908. The Hall–Kier alpha value is -0.780. The molecule has 0 radical (unpaired) electrons. The van der Waals surface area contributed by atoms with Crippen LogP contribution in [0.15, 0.2) is 18.2 Å². The zero-order valence-corrected chi connectivity index (χ0v) is 13.4. The van der Waals surface area contributed by atoms with Gasteiger partial charge in [-0.25, -0.2) is 8.42 Å². The first-order valence-corrected chi connectivity index (χ1v) is 8.12. The molecule has 108 valence electrons. The molecule has 19 heavy (non-hydrogen) atoms. The van der Waals surface area contributed by atoms with Crippen LogP contribution in [0.2, 0.25) is 5.02 Å². The normalized spacial score (nSPS) is 14.2. The van der Waals surface area contributed by atoms with Crippen molar-refractivity contribution in [2.75, 3.05) is 20.4 Å². The zero-order valence-electron chi connectivity index (χ0n) is 11.8. The molecule has 0 saturated heterocycles. The van der Waals surface area contributed by atoms with Gasteiger partial charge in [-0.1, -0.05) is 17.7 Å². The molecule has 1 unspecified atom stereocenters. The minimum atomic E-state index is -3.25. The molecule has 0 spiro atoms. The molecule has 0 aliphatic rings. The Balaban J connectivity index is 3.33. The molecule has 0 saturated carbocycles. The predicted octanol–water partition coefficient (Wildman–Crippen LogP) is 2.43. The molecule has 4 nitrogen and oxygen atoms in total. The van der Waals surface area contributed by atoms with Gasteiger partial charge in [-0.05, 0) is 38.6 Å². The molecular weight excluding hydrogens is 286 g/mol. The van der Waals surface area contributed by atoms with E-state index in [1.165, 1.54) is 6.26 Å². The molecule has 0 amide bonds. The Morgan fingerprint density at radius 1 is 1.37 bits per heavy atom. The van der Waals surface area contributed by atoms with Gasteiger partial charge in [-0.15, -0.1) is 0 Å². The molecule has 1 N–H and O–H groups in total. The number of hydrogen-bond donors (Lipinski definition) is 1. The lowest BCUT2D eigenvalue weighted by molar-refractivity contribution is 0.413. The Morgan fingerprint density at radius 3 is 2.32 bits per heavy atom. The molecule has 1 rings (SSSR count). The summed E-state index contributed by atoms with van der Waals surface area (Å²) >= 11 is 6.22. The van der Waals surface area contributed by atoms with Crippen molar-refractivity contribution >= 4 is 21.4 Å². The van der Waals surface area contributed by atoms with E-state index in [2.05, 4.69) is 5.32 Å². The Labute approximate surface area is 120 Å². The highest BCUT2D eigenvalue weighted by Crippen LogP contribution is 2.36. The Kier molecular flexibility index (Phi) is 4.87. The second-order valence-electron chi connectivity index (χ2n) is 4.98. The van der Waals surface area contributed by atoms with Gasteiger partial charge in [0.1, 0.15) is 5.75 Å². The maximum absolute atomic E-state index is 12.0. The fourth-order valence-corrected chi connectivity index (χ4v) is 2.91. The third-order valence-electron chi connectivity index (χ3n) is 3.46. The van der Waals surface area contributed by atoms with Gasteiger partial charge >= 0.3 is 0 Å². The van der Waals surface area contributed by atoms with E-state index in [0.29, 0.717) is 10.8 Å². The molecule has 0 aromatic heterocycles. The van der Waals surface area contributed by atoms with Crippen molar-refractivity contribution < 1.29 is 13.2 Å². The average Bonchev–Trinajstić information content (AvgIpc) is 2.30. The van der Waals surface area contributed by atoms with Crippen molar-refractivity contribution in [2.45, 2.75) is 24.6 Å². The maximum Gasteiger partial charge on any atom is 0.154 e. The molecule has 0 heterocycles. The van der Waals surface area contributed by atoms with E-state index in [4.69, 9.17) is 16.3 Å². The monoisotopic (exact) mass is 305 g/mol. The van der Waals surface area contributed by atoms with Gasteiger partial charge in [-0.3, -0.25) is 0 Å². The molecule has 0 aliphatic carbocycles. The first kappa shape index (κ1) is 16.3. The highest BCUT2D eigenvalue weighted by Gasteiger charge is 2.40. The van der Waals surface area contributed by atoms with E-state index in [0.717, 1.165) is 5.56 Å². The second-order valence-corrected chi connectivity index (χ2v) is 7.99. The van der Waals surface area contributed by atoms with Crippen LogP contribution in [-0.4, -0.2) is 33.6 Å². The number of halogens is 1. The lowest BCUT2D eigenvalue weighted by Gasteiger charge is -2.33. The van der Waals surface area contributed by atoms with Crippen LogP contribution in [0.25, 0.3) is 0 Å². The number of hydrogen-bond acceptors (Lipinski definition) is 4. The minimum absolute atomic E-state index is 0.402. The van der Waals surface area contributed by atoms with E-state index in [1.54, 1.807) is 46.2 Å². The molecule has 6 heteroatoms. The smallest absolute Gasteiger partial charge is 0.154 e. The summed E-state index contributed by atoms with van der Waals surface area (Å²) in [5.74, 6) is 0.640.